The number of hydrogen-bond acceptors (Lipinski definition) is 7. The Balaban J connectivity index is 2.12. The quantitative estimate of drug-likeness (QED) is 0.518. The number of nitro benzene ring substituents is 1. The minimum absolute atomic E-state index is 0.0178. The Labute approximate surface area is 154 Å². The molecule has 0 aromatic heterocycles. The molecule has 0 atom stereocenters. The Morgan fingerprint density at radius 2 is 1.48 bits per heavy atom. The molecule has 0 aliphatic rings. The molecule has 0 unspecified atom stereocenters. The molecule has 0 bridgehead atoms. The zero-order valence-corrected chi connectivity index (χ0v) is 14.9. The van der Waals surface area contributed by atoms with Crippen LogP contribution < -0.4 is 25.6 Å². The van der Waals surface area contributed by atoms with Crippen LogP contribution in [0.3, 0.4) is 0 Å². The van der Waals surface area contributed by atoms with Crippen molar-refractivity contribution >= 4 is 23.2 Å². The first kappa shape index (κ1) is 19.5. The van der Waals surface area contributed by atoms with E-state index in [1.54, 1.807) is 6.07 Å². The molecule has 0 spiro atoms. The predicted molar refractivity (Wildman–Crippen MR) is 97.1 cm³/mol. The molecule has 0 fully saturated rings. The van der Waals surface area contributed by atoms with E-state index in [0.717, 1.165) is 6.07 Å². The first-order chi connectivity index (χ1) is 12.9. The van der Waals surface area contributed by atoms with Gasteiger partial charge >= 0.3 is 0 Å². The van der Waals surface area contributed by atoms with E-state index in [1.165, 1.54) is 45.5 Å². The molecule has 2 aromatic rings. The van der Waals surface area contributed by atoms with Gasteiger partial charge in [0.15, 0.2) is 0 Å². The Morgan fingerprint density at radius 3 is 1.96 bits per heavy atom. The van der Waals surface area contributed by atoms with Gasteiger partial charge in [0, 0.05) is 30.3 Å². The molecule has 2 rings (SSSR count). The van der Waals surface area contributed by atoms with E-state index in [-0.39, 0.29) is 22.5 Å². The van der Waals surface area contributed by atoms with Crippen molar-refractivity contribution in [3.63, 3.8) is 0 Å². The van der Waals surface area contributed by atoms with Crippen LogP contribution in [0.25, 0.3) is 0 Å². The number of amides is 2. The molecular formula is C17H18N4O6. The number of carbonyl (C=O) groups excluding carboxylic acids is 2. The lowest BCUT2D eigenvalue weighted by Gasteiger charge is -2.10. The second kappa shape index (κ2) is 8.52. The summed E-state index contributed by atoms with van der Waals surface area (Å²) in [5, 5.41) is 13.7. The molecule has 10 heteroatoms. The minimum atomic E-state index is -0.705. The monoisotopic (exact) mass is 374 g/mol. The predicted octanol–water partition coefficient (Wildman–Crippen LogP) is 1.73. The maximum atomic E-state index is 12.2. The number of ether oxygens (including phenoxy) is 2. The largest absolute Gasteiger partial charge is 0.497 e. The van der Waals surface area contributed by atoms with Crippen LogP contribution in [0.5, 0.6) is 11.5 Å². The summed E-state index contributed by atoms with van der Waals surface area (Å²) in [4.78, 5) is 34.9. The molecule has 10 nitrogen and oxygen atoms in total. The van der Waals surface area contributed by atoms with Crippen LogP contribution in [0.15, 0.2) is 36.4 Å². The summed E-state index contributed by atoms with van der Waals surface area (Å²) >= 11 is 0. The fraction of sp³-hybridized carbons (Fsp3) is 0.176. The number of carbonyl (C=O) groups is 2. The Bertz CT molecular complexity index is 861. The van der Waals surface area contributed by atoms with Gasteiger partial charge in [-0.3, -0.25) is 30.6 Å². The van der Waals surface area contributed by atoms with Crippen LogP contribution in [0, 0.1) is 10.1 Å². The van der Waals surface area contributed by atoms with Gasteiger partial charge in [-0.25, -0.2) is 0 Å². The second-order valence-electron chi connectivity index (χ2n) is 5.25. The van der Waals surface area contributed by atoms with Crippen LogP contribution in [-0.4, -0.2) is 38.0 Å². The number of nitro groups is 1. The van der Waals surface area contributed by atoms with E-state index in [9.17, 15) is 19.7 Å². The van der Waals surface area contributed by atoms with Crippen LogP contribution in [0.4, 0.5) is 11.4 Å². The third-order valence-electron chi connectivity index (χ3n) is 3.63. The number of nitrogens with one attached hydrogen (secondary N) is 3. The molecule has 0 radical (unpaired) electrons. The Hall–Kier alpha value is -3.82. The van der Waals surface area contributed by atoms with Gasteiger partial charge in [-0.15, -0.1) is 0 Å². The van der Waals surface area contributed by atoms with Gasteiger partial charge < -0.3 is 14.8 Å². The van der Waals surface area contributed by atoms with Gasteiger partial charge in [-0.2, -0.15) is 0 Å². The summed E-state index contributed by atoms with van der Waals surface area (Å²) in [7, 11) is 4.42. The van der Waals surface area contributed by atoms with Crippen LogP contribution >= 0.6 is 0 Å². The van der Waals surface area contributed by atoms with Crippen LogP contribution in [-0.2, 0) is 0 Å². The number of rotatable bonds is 6. The van der Waals surface area contributed by atoms with Crippen molar-refractivity contribution in [2.45, 2.75) is 0 Å². The summed E-state index contributed by atoms with van der Waals surface area (Å²) in [6.07, 6.45) is 0. The van der Waals surface area contributed by atoms with Crippen molar-refractivity contribution in [2.75, 3.05) is 26.6 Å². The zero-order valence-electron chi connectivity index (χ0n) is 14.9. The maximum Gasteiger partial charge on any atom is 0.293 e. The molecule has 3 N–H and O–H groups in total. The van der Waals surface area contributed by atoms with Crippen LogP contribution in [0.2, 0.25) is 0 Å². The maximum absolute atomic E-state index is 12.2. The molecule has 0 saturated heterocycles. The first-order valence-corrected chi connectivity index (χ1v) is 7.69. The summed E-state index contributed by atoms with van der Waals surface area (Å²) < 4.78 is 10.2. The molecule has 0 saturated carbocycles. The van der Waals surface area contributed by atoms with E-state index in [2.05, 4.69) is 16.2 Å². The SMILES string of the molecule is CNc1ccc(C(=O)NNC(=O)c2cc(OC)cc(OC)c2)cc1[N+](=O)[O-]. The third kappa shape index (κ3) is 4.63. The topological polar surface area (TPSA) is 132 Å². The van der Waals surface area contributed by atoms with Crippen molar-refractivity contribution in [1.82, 2.24) is 10.9 Å². The van der Waals surface area contributed by atoms with E-state index in [0.29, 0.717) is 11.5 Å². The molecule has 142 valence electrons. The number of anilines is 1. The number of hydrazine groups is 1. The highest BCUT2D eigenvalue weighted by Gasteiger charge is 2.17. The molecular weight excluding hydrogens is 356 g/mol. The van der Waals surface area contributed by atoms with Gasteiger partial charge in [0.1, 0.15) is 17.2 Å². The van der Waals surface area contributed by atoms with Gasteiger partial charge in [0.2, 0.25) is 0 Å². The van der Waals surface area contributed by atoms with Gasteiger partial charge in [-0.1, -0.05) is 0 Å². The molecule has 0 heterocycles. The molecule has 27 heavy (non-hydrogen) atoms. The lowest BCUT2D eigenvalue weighted by molar-refractivity contribution is -0.384. The van der Waals surface area contributed by atoms with Crippen molar-refractivity contribution in [2.24, 2.45) is 0 Å². The zero-order chi connectivity index (χ0) is 20.0. The number of hydrogen-bond donors (Lipinski definition) is 3. The van der Waals surface area contributed by atoms with Crippen molar-refractivity contribution in [1.29, 1.82) is 0 Å². The smallest absolute Gasteiger partial charge is 0.293 e. The number of methoxy groups -OCH3 is 2. The summed E-state index contributed by atoms with van der Waals surface area (Å²) in [5.41, 5.74) is 4.68. The molecule has 2 aromatic carbocycles. The Kier molecular flexibility index (Phi) is 6.15. The molecule has 0 aliphatic carbocycles. The highest BCUT2D eigenvalue weighted by atomic mass is 16.6. The lowest BCUT2D eigenvalue weighted by atomic mass is 10.1. The van der Waals surface area contributed by atoms with E-state index >= 15 is 0 Å². The van der Waals surface area contributed by atoms with E-state index in [4.69, 9.17) is 9.47 Å². The van der Waals surface area contributed by atoms with E-state index < -0.39 is 16.7 Å². The summed E-state index contributed by atoms with van der Waals surface area (Å²) in [6.45, 7) is 0. The average molecular weight is 374 g/mol. The van der Waals surface area contributed by atoms with E-state index in [1.807, 2.05) is 0 Å². The van der Waals surface area contributed by atoms with Crippen molar-refractivity contribution in [3.8, 4) is 11.5 Å². The summed E-state index contributed by atoms with van der Waals surface area (Å²) in [5.74, 6) is -0.501. The molecule has 2 amide bonds. The van der Waals surface area contributed by atoms with Gasteiger partial charge in [0.05, 0.1) is 19.1 Å². The third-order valence-corrected chi connectivity index (χ3v) is 3.63. The standard InChI is InChI=1S/C17H18N4O6/c1-18-14-5-4-10(8-15(14)21(24)25)16(22)19-20-17(23)11-6-12(26-2)9-13(7-11)27-3/h4-9,18H,1-3H3,(H,19,22)(H,20,23). The minimum Gasteiger partial charge on any atom is -0.497 e. The highest BCUT2D eigenvalue weighted by Crippen LogP contribution is 2.25. The van der Waals surface area contributed by atoms with Gasteiger partial charge in [0.25, 0.3) is 17.5 Å². The summed E-state index contributed by atoms with van der Waals surface area (Å²) in [6, 6.07) is 8.45. The fourth-order valence-corrected chi connectivity index (χ4v) is 2.23. The Morgan fingerprint density at radius 1 is 0.926 bits per heavy atom. The van der Waals surface area contributed by atoms with Crippen LogP contribution in [0.1, 0.15) is 20.7 Å². The number of nitrogens with zero attached hydrogens (tertiary/aromatic N) is 1. The van der Waals surface area contributed by atoms with Gasteiger partial charge in [-0.05, 0) is 24.3 Å². The highest BCUT2D eigenvalue weighted by molar-refractivity contribution is 6.00. The lowest BCUT2D eigenvalue weighted by Crippen LogP contribution is -2.41. The van der Waals surface area contributed by atoms with Crippen molar-refractivity contribution < 1.29 is 24.0 Å². The fourth-order valence-electron chi connectivity index (χ4n) is 2.23. The average Bonchev–Trinajstić information content (AvgIpc) is 2.70. The van der Waals surface area contributed by atoms with Crippen molar-refractivity contribution in [3.05, 3.63) is 57.6 Å². The first-order valence-electron chi connectivity index (χ1n) is 7.69. The second-order valence-corrected chi connectivity index (χ2v) is 5.25. The number of benzene rings is 2. The normalized spacial score (nSPS) is 9.89. The molecule has 0 aliphatic heterocycles.